The van der Waals surface area contributed by atoms with E-state index < -0.39 is 26.6 Å². The minimum Gasteiger partial charge on any atom is -0.315 e. The molecular weight excluding hydrogens is 324 g/mol. The molecular formula is C12H14ClF2N3O2S. The number of hydrogen-bond acceptors (Lipinski definition) is 4. The van der Waals surface area contributed by atoms with Crippen molar-refractivity contribution in [3.8, 4) is 6.07 Å². The Kier molecular flexibility index (Phi) is 6.04. The summed E-state index contributed by atoms with van der Waals surface area (Å²) in [5.41, 5.74) is -0.253. The van der Waals surface area contributed by atoms with Crippen molar-refractivity contribution in [2.24, 2.45) is 0 Å². The predicted octanol–water partition coefficient (Wildman–Crippen LogP) is 1.24. The van der Waals surface area contributed by atoms with E-state index in [4.69, 9.17) is 5.26 Å². The number of hydrogen-bond donors (Lipinski definition) is 1. The van der Waals surface area contributed by atoms with Gasteiger partial charge in [-0.05, 0) is 25.1 Å². The van der Waals surface area contributed by atoms with Crippen molar-refractivity contribution in [3.63, 3.8) is 0 Å². The van der Waals surface area contributed by atoms with Gasteiger partial charge in [-0.25, -0.2) is 17.2 Å². The summed E-state index contributed by atoms with van der Waals surface area (Å²) in [5.74, 6) is -2.47. The highest BCUT2D eigenvalue weighted by Gasteiger charge is 2.31. The maximum absolute atomic E-state index is 13.8. The highest BCUT2D eigenvalue weighted by atomic mass is 35.5. The molecule has 116 valence electrons. The van der Waals surface area contributed by atoms with Crippen molar-refractivity contribution < 1.29 is 17.2 Å². The monoisotopic (exact) mass is 337 g/mol. The molecule has 0 amide bonds. The lowest BCUT2D eigenvalue weighted by molar-refractivity contribution is 0.420. The lowest BCUT2D eigenvalue weighted by Gasteiger charge is -2.20. The Bertz CT molecular complexity index is 630. The molecule has 1 aliphatic heterocycles. The maximum Gasteiger partial charge on any atom is 0.248 e. The molecule has 1 saturated heterocycles. The first-order valence-electron chi connectivity index (χ1n) is 6.07. The number of nitrogens with zero attached hydrogens (tertiary/aromatic N) is 2. The van der Waals surface area contributed by atoms with Crippen LogP contribution in [0.15, 0.2) is 17.0 Å². The Morgan fingerprint density at radius 1 is 1.19 bits per heavy atom. The summed E-state index contributed by atoms with van der Waals surface area (Å²) in [6, 6.07) is 3.03. The molecule has 0 aromatic heterocycles. The topological polar surface area (TPSA) is 73.2 Å². The van der Waals surface area contributed by atoms with E-state index in [1.807, 2.05) is 0 Å². The van der Waals surface area contributed by atoms with Crippen LogP contribution in [0.3, 0.4) is 0 Å². The number of halogens is 3. The number of nitriles is 1. The highest BCUT2D eigenvalue weighted by Crippen LogP contribution is 2.24. The zero-order valence-corrected chi connectivity index (χ0v) is 12.6. The van der Waals surface area contributed by atoms with Gasteiger partial charge in [0, 0.05) is 19.6 Å². The third-order valence-electron chi connectivity index (χ3n) is 3.02. The lowest BCUT2D eigenvalue weighted by Crippen LogP contribution is -2.35. The van der Waals surface area contributed by atoms with Gasteiger partial charge in [-0.15, -0.1) is 12.4 Å². The van der Waals surface area contributed by atoms with Gasteiger partial charge in [0.2, 0.25) is 10.0 Å². The van der Waals surface area contributed by atoms with Crippen LogP contribution in [0.1, 0.15) is 12.0 Å². The normalized spacial score (nSPS) is 16.6. The van der Waals surface area contributed by atoms with Crippen LogP contribution in [0.2, 0.25) is 0 Å². The first-order valence-corrected chi connectivity index (χ1v) is 7.51. The van der Waals surface area contributed by atoms with Crippen LogP contribution >= 0.6 is 12.4 Å². The SMILES string of the molecule is Cl.N#Cc1cc(F)c(S(=O)(=O)N2CCCNCC2)c(F)c1. The summed E-state index contributed by atoms with van der Waals surface area (Å²) in [6.45, 7) is 1.44. The van der Waals surface area contributed by atoms with E-state index in [1.54, 1.807) is 6.07 Å². The van der Waals surface area contributed by atoms with Crippen LogP contribution in [0, 0.1) is 23.0 Å². The molecule has 1 fully saturated rings. The molecule has 0 unspecified atom stereocenters. The quantitative estimate of drug-likeness (QED) is 0.881. The number of sulfonamides is 1. The van der Waals surface area contributed by atoms with E-state index >= 15 is 0 Å². The summed E-state index contributed by atoms with van der Waals surface area (Å²) < 4.78 is 53.4. The van der Waals surface area contributed by atoms with E-state index in [0.717, 1.165) is 16.4 Å². The molecule has 1 heterocycles. The van der Waals surface area contributed by atoms with Crippen molar-refractivity contribution in [2.45, 2.75) is 11.3 Å². The van der Waals surface area contributed by atoms with Crippen LogP contribution in [0.5, 0.6) is 0 Å². The Balaban J connectivity index is 0.00000220. The van der Waals surface area contributed by atoms with E-state index in [0.29, 0.717) is 19.5 Å². The van der Waals surface area contributed by atoms with E-state index in [2.05, 4.69) is 5.32 Å². The van der Waals surface area contributed by atoms with Crippen LogP contribution in [0.4, 0.5) is 8.78 Å². The average Bonchev–Trinajstić information content (AvgIpc) is 2.66. The van der Waals surface area contributed by atoms with Gasteiger partial charge in [0.15, 0.2) is 4.90 Å². The molecule has 5 nitrogen and oxygen atoms in total. The molecule has 0 saturated carbocycles. The van der Waals surface area contributed by atoms with Gasteiger partial charge in [-0.2, -0.15) is 9.57 Å². The summed E-state index contributed by atoms with van der Waals surface area (Å²) in [7, 11) is -4.24. The van der Waals surface area contributed by atoms with E-state index in [1.165, 1.54) is 0 Å². The number of benzene rings is 1. The largest absolute Gasteiger partial charge is 0.315 e. The molecule has 0 atom stereocenters. The molecule has 0 spiro atoms. The van der Waals surface area contributed by atoms with Gasteiger partial charge in [-0.1, -0.05) is 0 Å². The fourth-order valence-electron chi connectivity index (χ4n) is 2.06. The molecule has 9 heteroatoms. The smallest absolute Gasteiger partial charge is 0.248 e. The molecule has 1 N–H and O–H groups in total. The van der Waals surface area contributed by atoms with Crippen LogP contribution in [0.25, 0.3) is 0 Å². The van der Waals surface area contributed by atoms with Gasteiger partial charge in [-0.3, -0.25) is 0 Å². The molecule has 2 rings (SSSR count). The van der Waals surface area contributed by atoms with Crippen LogP contribution < -0.4 is 5.32 Å². The third kappa shape index (κ3) is 3.68. The van der Waals surface area contributed by atoms with E-state index in [9.17, 15) is 17.2 Å². The molecule has 1 aromatic carbocycles. The Labute approximate surface area is 128 Å². The number of nitrogens with one attached hydrogen (secondary N) is 1. The second-order valence-corrected chi connectivity index (χ2v) is 6.26. The zero-order chi connectivity index (χ0) is 14.8. The Hall–Kier alpha value is -1.27. The van der Waals surface area contributed by atoms with Crippen LogP contribution in [-0.2, 0) is 10.0 Å². The molecule has 21 heavy (non-hydrogen) atoms. The maximum atomic E-state index is 13.8. The molecule has 0 aliphatic carbocycles. The summed E-state index contributed by atoms with van der Waals surface area (Å²) in [6.07, 6.45) is 0.568. The minimum atomic E-state index is -4.24. The summed E-state index contributed by atoms with van der Waals surface area (Å²) in [5, 5.41) is 11.6. The third-order valence-corrected chi connectivity index (χ3v) is 4.98. The number of rotatable bonds is 2. The van der Waals surface area contributed by atoms with Gasteiger partial charge < -0.3 is 5.32 Å². The fourth-order valence-corrected chi connectivity index (χ4v) is 3.63. The molecule has 0 radical (unpaired) electrons. The second-order valence-electron chi connectivity index (χ2n) is 4.39. The zero-order valence-electron chi connectivity index (χ0n) is 11.0. The van der Waals surface area contributed by atoms with E-state index in [-0.39, 0.29) is 31.1 Å². The Morgan fingerprint density at radius 3 is 2.38 bits per heavy atom. The standard InChI is InChI=1S/C12H13F2N3O2S.ClH/c13-10-6-9(8-15)7-11(14)12(10)20(18,19)17-4-1-2-16-3-5-17;/h6-7,16H,1-5H2;1H. The second kappa shape index (κ2) is 7.13. The summed E-state index contributed by atoms with van der Waals surface area (Å²) in [4.78, 5) is -0.988. The average molecular weight is 338 g/mol. The first kappa shape index (κ1) is 17.8. The molecule has 0 bridgehead atoms. The fraction of sp³-hybridized carbons (Fsp3) is 0.417. The predicted molar refractivity (Wildman–Crippen MR) is 74.6 cm³/mol. The van der Waals surface area contributed by atoms with Gasteiger partial charge >= 0.3 is 0 Å². The van der Waals surface area contributed by atoms with Crippen molar-refractivity contribution in [2.75, 3.05) is 26.2 Å². The van der Waals surface area contributed by atoms with Crippen molar-refractivity contribution in [3.05, 3.63) is 29.3 Å². The van der Waals surface area contributed by atoms with Crippen molar-refractivity contribution >= 4 is 22.4 Å². The summed E-state index contributed by atoms with van der Waals surface area (Å²) >= 11 is 0. The van der Waals surface area contributed by atoms with Gasteiger partial charge in [0.05, 0.1) is 11.6 Å². The minimum absolute atomic E-state index is 0. The Morgan fingerprint density at radius 2 is 1.81 bits per heavy atom. The van der Waals surface area contributed by atoms with Gasteiger partial charge in [0.25, 0.3) is 0 Å². The van der Waals surface area contributed by atoms with Crippen molar-refractivity contribution in [1.29, 1.82) is 5.26 Å². The molecule has 1 aliphatic rings. The molecule has 1 aromatic rings. The van der Waals surface area contributed by atoms with Gasteiger partial charge in [0.1, 0.15) is 11.6 Å². The first-order chi connectivity index (χ1) is 9.46. The van der Waals surface area contributed by atoms with Crippen molar-refractivity contribution in [1.82, 2.24) is 9.62 Å². The lowest BCUT2D eigenvalue weighted by atomic mass is 10.2. The highest BCUT2D eigenvalue weighted by molar-refractivity contribution is 7.89. The van der Waals surface area contributed by atoms with Crippen LogP contribution in [-0.4, -0.2) is 38.9 Å².